The molecule has 0 bridgehead atoms. The highest BCUT2D eigenvalue weighted by Crippen LogP contribution is 2.22. The Kier molecular flexibility index (Phi) is 3.42. The zero-order valence-electron chi connectivity index (χ0n) is 10.0. The zero-order valence-corrected chi connectivity index (χ0v) is 10.0. The van der Waals surface area contributed by atoms with Gasteiger partial charge in [0, 0.05) is 18.4 Å². The van der Waals surface area contributed by atoms with E-state index in [1.54, 1.807) is 24.5 Å². The van der Waals surface area contributed by atoms with Crippen LogP contribution >= 0.6 is 0 Å². The molecule has 0 saturated heterocycles. The molecule has 0 spiro atoms. The first kappa shape index (κ1) is 11.6. The molecule has 17 heavy (non-hydrogen) atoms. The summed E-state index contributed by atoms with van der Waals surface area (Å²) in [5.74, 6) is 0.634. The van der Waals surface area contributed by atoms with Gasteiger partial charge in [-0.1, -0.05) is 12.1 Å². The highest BCUT2D eigenvalue weighted by Gasteiger charge is 2.15. The lowest BCUT2D eigenvalue weighted by Crippen LogP contribution is -2.31. The largest absolute Gasteiger partial charge is 0.359 e. The number of hydrogen-bond donors (Lipinski definition) is 1. The molecule has 90 valence electrons. The number of H-pyrrole nitrogens is 1. The fraction of sp³-hybridized carbons (Fsp3) is 0.308. The molecule has 1 aromatic heterocycles. The number of anilines is 1. The van der Waals surface area contributed by atoms with Gasteiger partial charge in [-0.15, -0.1) is 0 Å². The minimum atomic E-state index is -0.201. The predicted octanol–water partition coefficient (Wildman–Crippen LogP) is 2.96. The minimum absolute atomic E-state index is 0.201. The lowest BCUT2D eigenvalue weighted by Gasteiger charge is -2.28. The van der Waals surface area contributed by atoms with Crippen LogP contribution in [0.25, 0.3) is 0 Å². The van der Waals surface area contributed by atoms with E-state index in [1.807, 2.05) is 24.8 Å². The lowest BCUT2D eigenvalue weighted by atomic mass is 10.2. The fourth-order valence-electron chi connectivity index (χ4n) is 1.78. The summed E-state index contributed by atoms with van der Waals surface area (Å²) in [6, 6.07) is 7.02. The van der Waals surface area contributed by atoms with Crippen LogP contribution in [0, 0.1) is 5.82 Å². The third-order valence-corrected chi connectivity index (χ3v) is 2.66. The van der Waals surface area contributed by atoms with Crippen LogP contribution in [0.4, 0.5) is 10.1 Å². The molecule has 0 radical (unpaired) electrons. The maximum atomic E-state index is 13.8. The summed E-state index contributed by atoms with van der Waals surface area (Å²) >= 11 is 0. The summed E-state index contributed by atoms with van der Waals surface area (Å²) in [6.45, 7) is 4.65. The van der Waals surface area contributed by atoms with Crippen LogP contribution in [-0.2, 0) is 6.54 Å². The van der Waals surface area contributed by atoms with Gasteiger partial charge in [0.05, 0.1) is 12.2 Å². The van der Waals surface area contributed by atoms with E-state index in [1.165, 1.54) is 6.07 Å². The van der Waals surface area contributed by atoms with Gasteiger partial charge >= 0.3 is 0 Å². The molecule has 0 unspecified atom stereocenters. The number of para-hydroxylation sites is 1. The van der Waals surface area contributed by atoms with Crippen molar-refractivity contribution in [2.75, 3.05) is 4.90 Å². The first-order valence-corrected chi connectivity index (χ1v) is 5.68. The molecular weight excluding hydrogens is 217 g/mol. The second kappa shape index (κ2) is 4.99. The van der Waals surface area contributed by atoms with Gasteiger partial charge in [-0.05, 0) is 26.0 Å². The molecule has 0 aliphatic carbocycles. The van der Waals surface area contributed by atoms with Crippen molar-refractivity contribution < 1.29 is 4.39 Å². The van der Waals surface area contributed by atoms with Crippen molar-refractivity contribution in [2.24, 2.45) is 0 Å². The van der Waals surface area contributed by atoms with Crippen LogP contribution in [0.3, 0.4) is 0 Å². The summed E-state index contributed by atoms with van der Waals surface area (Å²) in [7, 11) is 0. The van der Waals surface area contributed by atoms with E-state index in [0.717, 1.165) is 5.82 Å². The normalized spacial score (nSPS) is 10.8. The van der Waals surface area contributed by atoms with Gasteiger partial charge < -0.3 is 9.88 Å². The van der Waals surface area contributed by atoms with Crippen LogP contribution in [0.1, 0.15) is 19.7 Å². The first-order valence-electron chi connectivity index (χ1n) is 5.68. The molecule has 4 heteroatoms. The van der Waals surface area contributed by atoms with Crippen molar-refractivity contribution >= 4 is 5.69 Å². The molecular formula is C13H16FN3. The molecule has 0 fully saturated rings. The van der Waals surface area contributed by atoms with Crippen molar-refractivity contribution in [1.29, 1.82) is 0 Å². The van der Waals surface area contributed by atoms with Gasteiger partial charge in [-0.3, -0.25) is 0 Å². The Balaban J connectivity index is 2.27. The summed E-state index contributed by atoms with van der Waals surface area (Å²) < 4.78 is 13.8. The Hall–Kier alpha value is -1.84. The van der Waals surface area contributed by atoms with Crippen molar-refractivity contribution in [2.45, 2.75) is 26.4 Å². The van der Waals surface area contributed by atoms with Crippen LogP contribution in [0.5, 0.6) is 0 Å². The molecule has 0 amide bonds. The van der Waals surface area contributed by atoms with E-state index in [9.17, 15) is 4.39 Å². The molecule has 0 atom stereocenters. The van der Waals surface area contributed by atoms with Gasteiger partial charge in [-0.25, -0.2) is 9.37 Å². The summed E-state index contributed by atoms with van der Waals surface area (Å²) in [6.07, 6.45) is 3.48. The maximum Gasteiger partial charge on any atom is 0.146 e. The highest BCUT2D eigenvalue weighted by molar-refractivity contribution is 5.48. The maximum absolute atomic E-state index is 13.8. The number of rotatable bonds is 4. The van der Waals surface area contributed by atoms with Crippen molar-refractivity contribution in [3.8, 4) is 0 Å². The number of halogens is 1. The average Bonchev–Trinajstić information content (AvgIpc) is 2.79. The number of nitrogens with zero attached hydrogens (tertiary/aromatic N) is 2. The number of aromatic nitrogens is 2. The zero-order chi connectivity index (χ0) is 12.3. The molecule has 0 aliphatic heterocycles. The van der Waals surface area contributed by atoms with Gasteiger partial charge in [0.2, 0.25) is 0 Å². The van der Waals surface area contributed by atoms with Crippen molar-refractivity contribution in [3.05, 3.63) is 48.3 Å². The summed E-state index contributed by atoms with van der Waals surface area (Å²) in [4.78, 5) is 9.19. The quantitative estimate of drug-likeness (QED) is 0.880. The second-order valence-electron chi connectivity index (χ2n) is 4.21. The SMILES string of the molecule is CC(C)N(Cc1ncc[nH]1)c1ccccc1F. The van der Waals surface area contributed by atoms with E-state index in [4.69, 9.17) is 0 Å². The van der Waals surface area contributed by atoms with Crippen LogP contribution in [0.15, 0.2) is 36.7 Å². The van der Waals surface area contributed by atoms with E-state index < -0.39 is 0 Å². The minimum Gasteiger partial charge on any atom is -0.359 e. The van der Waals surface area contributed by atoms with Gasteiger partial charge in [0.1, 0.15) is 11.6 Å². The molecule has 0 aliphatic rings. The molecule has 1 N–H and O–H groups in total. The van der Waals surface area contributed by atoms with E-state index in [2.05, 4.69) is 9.97 Å². The van der Waals surface area contributed by atoms with Crippen molar-refractivity contribution in [1.82, 2.24) is 9.97 Å². The van der Waals surface area contributed by atoms with E-state index in [0.29, 0.717) is 12.2 Å². The number of hydrogen-bond acceptors (Lipinski definition) is 2. The fourth-order valence-corrected chi connectivity index (χ4v) is 1.78. The average molecular weight is 233 g/mol. The highest BCUT2D eigenvalue weighted by atomic mass is 19.1. The predicted molar refractivity (Wildman–Crippen MR) is 66.3 cm³/mol. The standard InChI is InChI=1S/C13H16FN3/c1-10(2)17(9-13-15-7-8-16-13)12-6-4-3-5-11(12)14/h3-8,10H,9H2,1-2H3,(H,15,16). The Morgan fingerprint density at radius 1 is 1.35 bits per heavy atom. The number of benzene rings is 1. The van der Waals surface area contributed by atoms with E-state index >= 15 is 0 Å². The Morgan fingerprint density at radius 3 is 2.71 bits per heavy atom. The third-order valence-electron chi connectivity index (χ3n) is 2.66. The number of aromatic amines is 1. The van der Waals surface area contributed by atoms with Crippen LogP contribution < -0.4 is 4.90 Å². The van der Waals surface area contributed by atoms with Gasteiger partial charge in [0.15, 0.2) is 0 Å². The van der Waals surface area contributed by atoms with Gasteiger partial charge in [-0.2, -0.15) is 0 Å². The smallest absolute Gasteiger partial charge is 0.146 e. The third kappa shape index (κ3) is 2.64. The Morgan fingerprint density at radius 2 is 2.12 bits per heavy atom. The first-order chi connectivity index (χ1) is 8.18. The second-order valence-corrected chi connectivity index (χ2v) is 4.21. The number of imidazole rings is 1. The monoisotopic (exact) mass is 233 g/mol. The summed E-state index contributed by atoms with van der Waals surface area (Å²) in [5, 5.41) is 0. The Bertz CT molecular complexity index is 465. The van der Waals surface area contributed by atoms with Gasteiger partial charge in [0.25, 0.3) is 0 Å². The molecule has 0 saturated carbocycles. The summed E-state index contributed by atoms with van der Waals surface area (Å²) in [5.41, 5.74) is 0.610. The lowest BCUT2D eigenvalue weighted by molar-refractivity contribution is 0.594. The van der Waals surface area contributed by atoms with Crippen LogP contribution in [-0.4, -0.2) is 16.0 Å². The molecule has 1 aromatic carbocycles. The number of nitrogens with one attached hydrogen (secondary N) is 1. The molecule has 3 nitrogen and oxygen atoms in total. The molecule has 1 heterocycles. The molecule has 2 rings (SSSR count). The topological polar surface area (TPSA) is 31.9 Å². The molecule has 2 aromatic rings. The van der Waals surface area contributed by atoms with Crippen LogP contribution in [0.2, 0.25) is 0 Å². The Labute approximate surface area is 100 Å². The van der Waals surface area contributed by atoms with Crippen molar-refractivity contribution in [3.63, 3.8) is 0 Å². The van der Waals surface area contributed by atoms with E-state index in [-0.39, 0.29) is 11.9 Å².